The van der Waals surface area contributed by atoms with Gasteiger partial charge < -0.3 is 0 Å². The van der Waals surface area contributed by atoms with Crippen LogP contribution in [0.5, 0.6) is 0 Å². The highest BCUT2D eigenvalue weighted by molar-refractivity contribution is 5.83. The van der Waals surface area contributed by atoms with Crippen molar-refractivity contribution in [3.63, 3.8) is 0 Å². The summed E-state index contributed by atoms with van der Waals surface area (Å²) in [5.74, 6) is 0.645. The van der Waals surface area contributed by atoms with Gasteiger partial charge in [-0.15, -0.1) is 0 Å². The van der Waals surface area contributed by atoms with Gasteiger partial charge in [-0.1, -0.05) is 127 Å². The van der Waals surface area contributed by atoms with Crippen LogP contribution >= 0.6 is 0 Å². The molecule has 0 N–H and O–H groups in total. The maximum Gasteiger partial charge on any atom is -0.0113 e. The van der Waals surface area contributed by atoms with Crippen LogP contribution in [0.25, 0.3) is 10.8 Å². The SMILES string of the molecule is C.C.C.CC.CC.CCCC(c1ccc2ccccc2c1)C(C)(C)C. The normalized spacial score (nSPS) is 10.4. The topological polar surface area (TPSA) is 0 Å². The van der Waals surface area contributed by atoms with Crippen molar-refractivity contribution in [3.05, 3.63) is 48.0 Å². The van der Waals surface area contributed by atoms with Crippen molar-refractivity contribution in [2.75, 3.05) is 0 Å². The molecule has 0 saturated heterocycles. The first-order valence-electron chi connectivity index (χ1n) is 9.01. The van der Waals surface area contributed by atoms with Gasteiger partial charge in [-0.2, -0.15) is 0 Å². The summed E-state index contributed by atoms with van der Waals surface area (Å²) in [6, 6.07) is 15.6. The molecule has 0 fully saturated rings. The summed E-state index contributed by atoms with van der Waals surface area (Å²) < 4.78 is 0. The second-order valence-corrected chi connectivity index (χ2v) is 6.31. The summed E-state index contributed by atoms with van der Waals surface area (Å²) in [5, 5.41) is 2.70. The van der Waals surface area contributed by atoms with E-state index in [0.717, 1.165) is 0 Å². The molecule has 0 aliphatic carbocycles. The van der Waals surface area contributed by atoms with Crippen molar-refractivity contribution < 1.29 is 0 Å². The van der Waals surface area contributed by atoms with Gasteiger partial charge in [-0.25, -0.2) is 0 Å². The lowest BCUT2D eigenvalue weighted by molar-refractivity contribution is 0.303. The lowest BCUT2D eigenvalue weighted by Crippen LogP contribution is -2.18. The number of fused-ring (bicyclic) bond motifs is 1. The Balaban J connectivity index is -0.000000294. The average Bonchev–Trinajstić information content (AvgIpc) is 2.55. The highest BCUT2D eigenvalue weighted by atomic mass is 14.3. The van der Waals surface area contributed by atoms with Gasteiger partial charge in [-0.05, 0) is 34.1 Å². The molecule has 2 aromatic rings. The van der Waals surface area contributed by atoms with Crippen molar-refractivity contribution in [3.8, 4) is 0 Å². The fraction of sp³-hybridized carbons (Fsp3) is 0.600. The van der Waals surface area contributed by atoms with E-state index >= 15 is 0 Å². The first-order valence-corrected chi connectivity index (χ1v) is 9.01. The van der Waals surface area contributed by atoms with Crippen molar-refractivity contribution in [2.45, 2.75) is 96.4 Å². The Morgan fingerprint density at radius 1 is 0.760 bits per heavy atom. The maximum absolute atomic E-state index is 2.38. The molecule has 0 amide bonds. The van der Waals surface area contributed by atoms with Gasteiger partial charge in [0.15, 0.2) is 0 Å². The van der Waals surface area contributed by atoms with Gasteiger partial charge in [-0.3, -0.25) is 0 Å². The van der Waals surface area contributed by atoms with E-state index in [1.165, 1.54) is 29.2 Å². The quantitative estimate of drug-likeness (QED) is 0.517. The summed E-state index contributed by atoms with van der Waals surface area (Å²) in [6.07, 6.45) is 2.51. The molecule has 0 spiro atoms. The Labute approximate surface area is 161 Å². The molecular weight excluding hydrogens is 300 g/mol. The van der Waals surface area contributed by atoms with Gasteiger partial charge in [0, 0.05) is 0 Å². The zero-order chi connectivity index (χ0) is 17.2. The Bertz CT molecular complexity index is 517. The highest BCUT2D eigenvalue weighted by Crippen LogP contribution is 2.39. The molecular formula is C25H48. The molecule has 0 radical (unpaired) electrons. The first-order chi connectivity index (χ1) is 10.5. The fourth-order valence-electron chi connectivity index (χ4n) is 2.81. The minimum Gasteiger partial charge on any atom is -0.0776 e. The lowest BCUT2D eigenvalue weighted by atomic mass is 9.74. The summed E-state index contributed by atoms with van der Waals surface area (Å²) in [6.45, 7) is 17.3. The predicted molar refractivity (Wildman–Crippen MR) is 124 cm³/mol. The summed E-state index contributed by atoms with van der Waals surface area (Å²) in [7, 11) is 0. The predicted octanol–water partition coefficient (Wildman–Crippen LogP) is 9.73. The zero-order valence-corrected chi connectivity index (χ0v) is 16.0. The van der Waals surface area contributed by atoms with E-state index < -0.39 is 0 Å². The second-order valence-electron chi connectivity index (χ2n) is 6.31. The first kappa shape index (κ1) is 31.5. The average molecular weight is 349 g/mol. The van der Waals surface area contributed by atoms with Crippen molar-refractivity contribution >= 4 is 10.8 Å². The van der Waals surface area contributed by atoms with Crippen LogP contribution < -0.4 is 0 Å². The molecule has 2 aromatic carbocycles. The van der Waals surface area contributed by atoms with Crippen molar-refractivity contribution in [1.29, 1.82) is 0 Å². The molecule has 1 unspecified atom stereocenters. The molecule has 0 aromatic heterocycles. The third-order valence-corrected chi connectivity index (χ3v) is 3.80. The largest absolute Gasteiger partial charge is 0.0776 e. The van der Waals surface area contributed by atoms with Gasteiger partial charge in [0.2, 0.25) is 0 Å². The summed E-state index contributed by atoms with van der Waals surface area (Å²) in [4.78, 5) is 0. The standard InChI is InChI=1S/C18H24.2C2H6.3CH4/c1-5-8-17(18(2,3)4)16-12-11-14-9-6-7-10-15(14)13-16;2*1-2;;;/h6-7,9-13,17H,5,8H2,1-4H3;2*1-2H3;3*1H4. The minimum absolute atomic E-state index is 0. The van der Waals surface area contributed by atoms with Crippen LogP contribution in [0.15, 0.2) is 42.5 Å². The van der Waals surface area contributed by atoms with E-state index in [1.807, 2.05) is 27.7 Å². The van der Waals surface area contributed by atoms with E-state index in [4.69, 9.17) is 0 Å². The highest BCUT2D eigenvalue weighted by Gasteiger charge is 2.25. The molecule has 0 heteroatoms. The molecule has 0 aliphatic rings. The van der Waals surface area contributed by atoms with Gasteiger partial charge >= 0.3 is 0 Å². The Hall–Kier alpha value is -1.30. The van der Waals surface area contributed by atoms with E-state index in [-0.39, 0.29) is 22.3 Å². The van der Waals surface area contributed by atoms with Crippen molar-refractivity contribution in [2.24, 2.45) is 5.41 Å². The van der Waals surface area contributed by atoms with Gasteiger partial charge in [0.05, 0.1) is 0 Å². The van der Waals surface area contributed by atoms with Gasteiger partial charge in [0.1, 0.15) is 0 Å². The monoisotopic (exact) mass is 348 g/mol. The van der Waals surface area contributed by atoms with Crippen LogP contribution in [0.1, 0.15) is 102 Å². The van der Waals surface area contributed by atoms with Crippen molar-refractivity contribution in [1.82, 2.24) is 0 Å². The van der Waals surface area contributed by atoms with Gasteiger partial charge in [0.25, 0.3) is 0 Å². The Kier molecular flexibility index (Phi) is 20.4. The molecule has 0 nitrogen and oxygen atoms in total. The maximum atomic E-state index is 2.38. The molecule has 2 rings (SSSR count). The van der Waals surface area contributed by atoms with Crippen LogP contribution in [-0.4, -0.2) is 0 Å². The number of hydrogen-bond donors (Lipinski definition) is 0. The van der Waals surface area contributed by atoms with Crippen LogP contribution in [0.3, 0.4) is 0 Å². The van der Waals surface area contributed by atoms with Crippen LogP contribution in [0.4, 0.5) is 0 Å². The number of hydrogen-bond acceptors (Lipinski definition) is 0. The molecule has 25 heavy (non-hydrogen) atoms. The zero-order valence-electron chi connectivity index (χ0n) is 16.0. The summed E-state index contributed by atoms with van der Waals surface area (Å²) in [5.41, 5.74) is 1.82. The van der Waals surface area contributed by atoms with E-state index in [9.17, 15) is 0 Å². The minimum atomic E-state index is 0. The van der Waals surface area contributed by atoms with E-state index in [0.29, 0.717) is 11.3 Å². The molecule has 0 heterocycles. The fourth-order valence-corrected chi connectivity index (χ4v) is 2.81. The third-order valence-electron chi connectivity index (χ3n) is 3.80. The number of rotatable bonds is 3. The molecule has 0 bridgehead atoms. The smallest absolute Gasteiger partial charge is 0.0113 e. The van der Waals surface area contributed by atoms with Crippen LogP contribution in [0.2, 0.25) is 0 Å². The summed E-state index contributed by atoms with van der Waals surface area (Å²) >= 11 is 0. The molecule has 0 aliphatic heterocycles. The van der Waals surface area contributed by atoms with E-state index in [1.54, 1.807) is 0 Å². The molecule has 0 saturated carbocycles. The number of benzene rings is 2. The third kappa shape index (κ3) is 9.68. The second kappa shape index (κ2) is 16.2. The lowest BCUT2D eigenvalue weighted by Gasteiger charge is -2.31. The van der Waals surface area contributed by atoms with E-state index in [2.05, 4.69) is 70.2 Å². The molecule has 148 valence electrons. The van der Waals surface area contributed by atoms with Crippen LogP contribution in [-0.2, 0) is 0 Å². The molecule has 1 atom stereocenters. The van der Waals surface area contributed by atoms with Crippen LogP contribution in [0, 0.1) is 5.41 Å². The Morgan fingerprint density at radius 2 is 1.24 bits per heavy atom. The Morgan fingerprint density at radius 3 is 1.68 bits per heavy atom.